The fourth-order valence-corrected chi connectivity index (χ4v) is 3.47. The summed E-state index contributed by atoms with van der Waals surface area (Å²) in [5.74, 6) is -0.0759. The van der Waals surface area contributed by atoms with Gasteiger partial charge in [0.15, 0.2) is 9.84 Å². The molecule has 0 atom stereocenters. The van der Waals surface area contributed by atoms with Gasteiger partial charge >= 0.3 is 0 Å². The smallest absolute Gasteiger partial charge is 0.184 e. The standard InChI is InChI=1S/C11H12N2O2S2/c12-6-11-13-9(7-16-11)8-17(14,15)10-4-2-1-3-5-10/h1-5,7H,6,8,12H2. The first-order chi connectivity index (χ1) is 8.12. The summed E-state index contributed by atoms with van der Waals surface area (Å²) >= 11 is 1.38. The Labute approximate surface area is 104 Å². The van der Waals surface area contributed by atoms with Gasteiger partial charge in [0.25, 0.3) is 0 Å². The van der Waals surface area contributed by atoms with Crippen molar-refractivity contribution in [3.8, 4) is 0 Å². The molecule has 17 heavy (non-hydrogen) atoms. The van der Waals surface area contributed by atoms with Crippen molar-refractivity contribution in [1.82, 2.24) is 4.98 Å². The van der Waals surface area contributed by atoms with E-state index in [0.717, 1.165) is 5.01 Å². The molecule has 2 rings (SSSR count). The van der Waals surface area contributed by atoms with E-state index in [1.165, 1.54) is 11.3 Å². The van der Waals surface area contributed by atoms with Crippen LogP contribution in [0, 0.1) is 0 Å². The molecule has 1 aromatic heterocycles. The quantitative estimate of drug-likeness (QED) is 0.913. The molecule has 6 heteroatoms. The third-order valence-electron chi connectivity index (χ3n) is 2.21. The van der Waals surface area contributed by atoms with Gasteiger partial charge in [-0.2, -0.15) is 0 Å². The highest BCUT2D eigenvalue weighted by Crippen LogP contribution is 2.17. The summed E-state index contributed by atoms with van der Waals surface area (Å²) in [4.78, 5) is 4.48. The predicted octanol–water partition coefficient (Wildman–Crippen LogP) is 1.58. The van der Waals surface area contributed by atoms with Crippen LogP contribution < -0.4 is 5.73 Å². The van der Waals surface area contributed by atoms with E-state index >= 15 is 0 Å². The van der Waals surface area contributed by atoms with Crippen LogP contribution in [-0.2, 0) is 22.1 Å². The Hall–Kier alpha value is -1.24. The summed E-state index contributed by atoms with van der Waals surface area (Å²) in [6, 6.07) is 8.38. The zero-order valence-electron chi connectivity index (χ0n) is 9.04. The highest BCUT2D eigenvalue weighted by atomic mass is 32.2. The molecule has 0 bridgehead atoms. The molecule has 0 aliphatic carbocycles. The highest BCUT2D eigenvalue weighted by Gasteiger charge is 2.16. The molecule has 0 amide bonds. The second-order valence-corrected chi connectivity index (χ2v) is 6.44. The number of rotatable bonds is 4. The number of nitrogens with two attached hydrogens (primary N) is 1. The molecule has 0 saturated heterocycles. The Kier molecular flexibility index (Phi) is 3.56. The molecule has 1 heterocycles. The Morgan fingerprint density at radius 2 is 1.94 bits per heavy atom. The lowest BCUT2D eigenvalue weighted by molar-refractivity contribution is 0.594. The van der Waals surface area contributed by atoms with Crippen LogP contribution in [0.2, 0.25) is 0 Å². The molecule has 0 aliphatic heterocycles. The molecule has 4 nitrogen and oxygen atoms in total. The zero-order chi connectivity index (χ0) is 12.3. The van der Waals surface area contributed by atoms with E-state index < -0.39 is 9.84 Å². The molecule has 0 radical (unpaired) electrons. The predicted molar refractivity (Wildman–Crippen MR) is 67.3 cm³/mol. The third-order valence-corrected chi connectivity index (χ3v) is 4.80. The molecule has 0 fully saturated rings. The number of sulfone groups is 1. The summed E-state index contributed by atoms with van der Waals surface area (Å²) < 4.78 is 24.1. The molecule has 1 aromatic carbocycles. The van der Waals surface area contributed by atoms with Gasteiger partial charge in [0.05, 0.1) is 16.3 Å². The van der Waals surface area contributed by atoms with Gasteiger partial charge in [-0.25, -0.2) is 13.4 Å². The van der Waals surface area contributed by atoms with Crippen molar-refractivity contribution in [3.05, 3.63) is 46.4 Å². The SMILES string of the molecule is NCc1nc(CS(=O)(=O)c2ccccc2)cs1. The van der Waals surface area contributed by atoms with Gasteiger partial charge in [-0.05, 0) is 12.1 Å². The number of thiazole rings is 1. The Balaban J connectivity index is 2.24. The maximum Gasteiger partial charge on any atom is 0.184 e. The van der Waals surface area contributed by atoms with Gasteiger partial charge in [0.2, 0.25) is 0 Å². The highest BCUT2D eigenvalue weighted by molar-refractivity contribution is 7.90. The van der Waals surface area contributed by atoms with Crippen molar-refractivity contribution >= 4 is 21.2 Å². The maximum absolute atomic E-state index is 12.0. The van der Waals surface area contributed by atoms with Crippen molar-refractivity contribution < 1.29 is 8.42 Å². The lowest BCUT2D eigenvalue weighted by Gasteiger charge is -2.01. The van der Waals surface area contributed by atoms with E-state index in [1.54, 1.807) is 35.7 Å². The van der Waals surface area contributed by atoms with E-state index in [0.29, 0.717) is 17.1 Å². The molecule has 0 unspecified atom stereocenters. The van der Waals surface area contributed by atoms with E-state index in [-0.39, 0.29) is 5.75 Å². The van der Waals surface area contributed by atoms with Crippen molar-refractivity contribution in [2.75, 3.05) is 0 Å². The topological polar surface area (TPSA) is 73.0 Å². The maximum atomic E-state index is 12.0. The Morgan fingerprint density at radius 3 is 2.53 bits per heavy atom. The van der Waals surface area contributed by atoms with Gasteiger partial charge in [0.1, 0.15) is 5.01 Å². The van der Waals surface area contributed by atoms with Crippen molar-refractivity contribution in [2.45, 2.75) is 17.2 Å². The Morgan fingerprint density at radius 1 is 1.24 bits per heavy atom. The molecular weight excluding hydrogens is 256 g/mol. The van der Waals surface area contributed by atoms with Crippen LogP contribution in [0.1, 0.15) is 10.7 Å². The summed E-state index contributed by atoms with van der Waals surface area (Å²) in [6.45, 7) is 0.343. The average molecular weight is 268 g/mol. The lowest BCUT2D eigenvalue weighted by atomic mass is 10.4. The van der Waals surface area contributed by atoms with E-state index in [2.05, 4.69) is 4.98 Å². The molecule has 2 N–H and O–H groups in total. The molecule has 90 valence electrons. The van der Waals surface area contributed by atoms with E-state index in [4.69, 9.17) is 5.73 Å². The van der Waals surface area contributed by atoms with Crippen LogP contribution in [0.3, 0.4) is 0 Å². The first kappa shape index (κ1) is 12.2. The summed E-state index contributed by atoms with van der Waals surface area (Å²) in [5.41, 5.74) is 5.99. The van der Waals surface area contributed by atoms with Gasteiger partial charge in [-0.3, -0.25) is 0 Å². The molecule has 0 saturated carbocycles. The third kappa shape index (κ3) is 2.91. The zero-order valence-corrected chi connectivity index (χ0v) is 10.7. The van der Waals surface area contributed by atoms with Crippen LogP contribution in [-0.4, -0.2) is 13.4 Å². The lowest BCUT2D eigenvalue weighted by Crippen LogP contribution is -2.05. The monoisotopic (exact) mass is 268 g/mol. The fourth-order valence-electron chi connectivity index (χ4n) is 1.41. The summed E-state index contributed by atoms with van der Waals surface area (Å²) in [5, 5.41) is 2.49. The first-order valence-corrected chi connectivity index (χ1v) is 7.56. The van der Waals surface area contributed by atoms with Crippen LogP contribution in [0.15, 0.2) is 40.6 Å². The first-order valence-electron chi connectivity index (χ1n) is 5.03. The number of aromatic nitrogens is 1. The minimum absolute atomic E-state index is 0.0759. The number of benzene rings is 1. The molecule has 0 aliphatic rings. The number of hydrogen-bond donors (Lipinski definition) is 1. The van der Waals surface area contributed by atoms with Crippen LogP contribution in [0.4, 0.5) is 0 Å². The van der Waals surface area contributed by atoms with Crippen molar-refractivity contribution in [1.29, 1.82) is 0 Å². The fraction of sp³-hybridized carbons (Fsp3) is 0.182. The molecule has 2 aromatic rings. The number of hydrogen-bond acceptors (Lipinski definition) is 5. The van der Waals surface area contributed by atoms with Gasteiger partial charge in [0, 0.05) is 11.9 Å². The molecule has 0 spiro atoms. The second-order valence-electron chi connectivity index (χ2n) is 3.51. The Bertz CT molecular complexity index is 591. The van der Waals surface area contributed by atoms with Gasteiger partial charge in [-0.1, -0.05) is 18.2 Å². The minimum atomic E-state index is -3.30. The minimum Gasteiger partial charge on any atom is -0.325 e. The van der Waals surface area contributed by atoms with E-state index in [1.807, 2.05) is 0 Å². The second kappa shape index (κ2) is 4.95. The van der Waals surface area contributed by atoms with Crippen LogP contribution in [0.25, 0.3) is 0 Å². The van der Waals surface area contributed by atoms with Crippen LogP contribution in [0.5, 0.6) is 0 Å². The van der Waals surface area contributed by atoms with Crippen molar-refractivity contribution in [3.63, 3.8) is 0 Å². The number of nitrogens with zero attached hydrogens (tertiary/aromatic N) is 1. The van der Waals surface area contributed by atoms with Crippen LogP contribution >= 0.6 is 11.3 Å². The van der Waals surface area contributed by atoms with Crippen molar-refractivity contribution in [2.24, 2.45) is 5.73 Å². The molecular formula is C11H12N2O2S2. The van der Waals surface area contributed by atoms with Gasteiger partial charge < -0.3 is 5.73 Å². The van der Waals surface area contributed by atoms with Gasteiger partial charge in [-0.15, -0.1) is 11.3 Å². The van der Waals surface area contributed by atoms with E-state index in [9.17, 15) is 8.42 Å². The average Bonchev–Trinajstić information content (AvgIpc) is 2.77. The summed E-state index contributed by atoms with van der Waals surface area (Å²) in [6.07, 6.45) is 0. The normalized spacial score (nSPS) is 11.6. The largest absolute Gasteiger partial charge is 0.325 e. The summed E-state index contributed by atoms with van der Waals surface area (Å²) in [7, 11) is -3.30.